The predicted molar refractivity (Wildman–Crippen MR) is 85.7 cm³/mol. The fourth-order valence-electron chi connectivity index (χ4n) is 1.62. The van der Waals surface area contributed by atoms with Gasteiger partial charge in [0, 0.05) is 27.2 Å². The van der Waals surface area contributed by atoms with E-state index in [1.165, 1.54) is 16.2 Å². The van der Waals surface area contributed by atoms with Gasteiger partial charge in [0.2, 0.25) is 5.91 Å². The first kappa shape index (κ1) is 17.2. The number of anilines is 2. The fraction of sp³-hybridized carbons (Fsp3) is 0.615. The van der Waals surface area contributed by atoms with E-state index in [9.17, 15) is 9.59 Å². The van der Waals surface area contributed by atoms with Crippen molar-refractivity contribution in [3.05, 3.63) is 4.88 Å². The summed E-state index contributed by atoms with van der Waals surface area (Å²) in [5.74, 6) is -0.303. The SMILES string of the molecule is CCCN(C)c1nc(N)c(C(=O)NCC(=O)N(C)CC)s1. The molecule has 1 aromatic rings. The average molecular weight is 313 g/mol. The number of hydrogen-bond donors (Lipinski definition) is 2. The van der Waals surface area contributed by atoms with Gasteiger partial charge in [-0.05, 0) is 13.3 Å². The fourth-order valence-corrected chi connectivity index (χ4v) is 2.51. The number of hydrogen-bond acceptors (Lipinski definition) is 6. The van der Waals surface area contributed by atoms with E-state index in [0.717, 1.165) is 13.0 Å². The molecule has 0 spiro atoms. The molecule has 0 fully saturated rings. The van der Waals surface area contributed by atoms with Gasteiger partial charge in [-0.1, -0.05) is 18.3 Å². The molecule has 0 radical (unpaired) electrons. The Kier molecular flexibility index (Phi) is 6.41. The van der Waals surface area contributed by atoms with E-state index in [-0.39, 0.29) is 24.2 Å². The zero-order valence-corrected chi connectivity index (χ0v) is 13.8. The quantitative estimate of drug-likeness (QED) is 0.776. The zero-order valence-electron chi connectivity index (χ0n) is 13.0. The Balaban J connectivity index is 2.68. The van der Waals surface area contributed by atoms with Crippen LogP contribution in [0, 0.1) is 0 Å². The highest BCUT2D eigenvalue weighted by Crippen LogP contribution is 2.27. The third-order valence-corrected chi connectivity index (χ3v) is 4.22. The van der Waals surface area contributed by atoms with E-state index >= 15 is 0 Å². The van der Waals surface area contributed by atoms with Gasteiger partial charge in [-0.3, -0.25) is 9.59 Å². The van der Waals surface area contributed by atoms with Crippen molar-refractivity contribution in [1.29, 1.82) is 0 Å². The van der Waals surface area contributed by atoms with Crippen LogP contribution in [0.25, 0.3) is 0 Å². The Morgan fingerprint density at radius 2 is 2.00 bits per heavy atom. The third kappa shape index (κ3) is 4.59. The molecule has 7 nitrogen and oxygen atoms in total. The number of rotatable bonds is 7. The van der Waals surface area contributed by atoms with Crippen LogP contribution in [0.1, 0.15) is 29.9 Å². The molecule has 0 unspecified atom stereocenters. The molecule has 0 saturated carbocycles. The van der Waals surface area contributed by atoms with Gasteiger partial charge in [-0.25, -0.2) is 4.98 Å². The smallest absolute Gasteiger partial charge is 0.265 e. The molecule has 0 bridgehead atoms. The van der Waals surface area contributed by atoms with Crippen LogP contribution < -0.4 is 16.0 Å². The summed E-state index contributed by atoms with van der Waals surface area (Å²) < 4.78 is 0. The summed E-state index contributed by atoms with van der Waals surface area (Å²) in [6, 6.07) is 0. The number of carbonyl (C=O) groups is 2. The Morgan fingerprint density at radius 3 is 2.57 bits per heavy atom. The number of nitrogens with zero attached hydrogens (tertiary/aromatic N) is 3. The molecule has 1 aromatic heterocycles. The first-order valence-electron chi connectivity index (χ1n) is 6.90. The van der Waals surface area contributed by atoms with Gasteiger partial charge in [0.1, 0.15) is 10.7 Å². The number of nitrogen functional groups attached to an aromatic ring is 1. The monoisotopic (exact) mass is 313 g/mol. The van der Waals surface area contributed by atoms with Gasteiger partial charge >= 0.3 is 0 Å². The molecule has 8 heteroatoms. The maximum atomic E-state index is 12.1. The van der Waals surface area contributed by atoms with E-state index in [2.05, 4.69) is 17.2 Å². The van der Waals surface area contributed by atoms with Crippen molar-refractivity contribution in [3.8, 4) is 0 Å². The topological polar surface area (TPSA) is 91.6 Å². The summed E-state index contributed by atoms with van der Waals surface area (Å²) >= 11 is 1.23. The van der Waals surface area contributed by atoms with Crippen molar-refractivity contribution in [2.75, 3.05) is 44.4 Å². The molecule has 0 aliphatic carbocycles. The largest absolute Gasteiger partial charge is 0.382 e. The van der Waals surface area contributed by atoms with Crippen molar-refractivity contribution in [1.82, 2.24) is 15.2 Å². The first-order valence-corrected chi connectivity index (χ1v) is 7.71. The van der Waals surface area contributed by atoms with Crippen molar-refractivity contribution >= 4 is 34.1 Å². The Labute approximate surface area is 129 Å². The molecule has 0 aliphatic heterocycles. The molecule has 0 aliphatic rings. The average Bonchev–Trinajstić information content (AvgIpc) is 2.85. The van der Waals surface area contributed by atoms with Crippen LogP contribution in [-0.4, -0.2) is 55.4 Å². The third-order valence-electron chi connectivity index (χ3n) is 3.03. The number of amides is 2. The Bertz CT molecular complexity index is 503. The van der Waals surface area contributed by atoms with E-state index in [1.807, 2.05) is 18.9 Å². The van der Waals surface area contributed by atoms with Gasteiger partial charge < -0.3 is 20.9 Å². The highest BCUT2D eigenvalue weighted by atomic mass is 32.1. The summed E-state index contributed by atoms with van der Waals surface area (Å²) in [5, 5.41) is 3.29. The number of nitrogens with one attached hydrogen (secondary N) is 1. The molecule has 0 atom stereocenters. The molecule has 0 saturated heterocycles. The summed E-state index contributed by atoms with van der Waals surface area (Å²) in [7, 11) is 3.59. The molecular formula is C13H23N5O2S. The summed E-state index contributed by atoms with van der Waals surface area (Å²) in [5.41, 5.74) is 5.79. The van der Waals surface area contributed by atoms with Crippen LogP contribution in [0.2, 0.25) is 0 Å². The molecule has 1 rings (SSSR count). The molecular weight excluding hydrogens is 290 g/mol. The highest BCUT2D eigenvalue weighted by molar-refractivity contribution is 7.18. The van der Waals surface area contributed by atoms with Crippen molar-refractivity contribution < 1.29 is 9.59 Å². The molecule has 3 N–H and O–H groups in total. The molecule has 0 aromatic carbocycles. The molecule has 2 amide bonds. The second-order valence-electron chi connectivity index (χ2n) is 4.72. The van der Waals surface area contributed by atoms with Gasteiger partial charge in [0.15, 0.2) is 5.13 Å². The number of likely N-dealkylation sites (N-methyl/N-ethyl adjacent to an activating group) is 1. The molecule has 118 valence electrons. The maximum Gasteiger partial charge on any atom is 0.265 e. The van der Waals surface area contributed by atoms with Crippen LogP contribution >= 0.6 is 11.3 Å². The normalized spacial score (nSPS) is 10.3. The molecule has 21 heavy (non-hydrogen) atoms. The number of nitrogens with two attached hydrogens (primary N) is 1. The number of aromatic nitrogens is 1. The Morgan fingerprint density at radius 1 is 1.33 bits per heavy atom. The van der Waals surface area contributed by atoms with Crippen molar-refractivity contribution in [2.24, 2.45) is 0 Å². The minimum atomic E-state index is -0.362. The van der Waals surface area contributed by atoms with Crippen LogP contribution in [0.5, 0.6) is 0 Å². The Hall–Kier alpha value is -1.83. The predicted octanol–water partition coefficient (Wildman–Crippen LogP) is 0.780. The van der Waals surface area contributed by atoms with E-state index in [0.29, 0.717) is 16.6 Å². The number of carbonyl (C=O) groups excluding carboxylic acids is 2. The van der Waals surface area contributed by atoms with Gasteiger partial charge in [0.25, 0.3) is 5.91 Å². The van der Waals surface area contributed by atoms with Gasteiger partial charge in [-0.2, -0.15) is 0 Å². The van der Waals surface area contributed by atoms with Crippen molar-refractivity contribution in [3.63, 3.8) is 0 Å². The lowest BCUT2D eigenvalue weighted by Crippen LogP contribution is -2.37. The van der Waals surface area contributed by atoms with Crippen LogP contribution in [-0.2, 0) is 4.79 Å². The van der Waals surface area contributed by atoms with Gasteiger partial charge in [-0.15, -0.1) is 0 Å². The number of thiazole rings is 1. The lowest BCUT2D eigenvalue weighted by molar-refractivity contribution is -0.128. The summed E-state index contributed by atoms with van der Waals surface area (Å²) in [4.78, 5) is 31.8. The standard InChI is InChI=1S/C13H23N5O2S/c1-5-7-18(4)13-16-11(14)10(21-13)12(20)15-8-9(19)17(3)6-2/h5-8,14H2,1-4H3,(H,15,20). The second-order valence-corrected chi connectivity index (χ2v) is 5.70. The van der Waals surface area contributed by atoms with E-state index in [4.69, 9.17) is 5.73 Å². The van der Waals surface area contributed by atoms with Crippen molar-refractivity contribution in [2.45, 2.75) is 20.3 Å². The summed E-state index contributed by atoms with van der Waals surface area (Å²) in [6.45, 7) is 5.34. The molecule has 1 heterocycles. The summed E-state index contributed by atoms with van der Waals surface area (Å²) in [6.07, 6.45) is 0.982. The van der Waals surface area contributed by atoms with Crippen LogP contribution in [0.3, 0.4) is 0 Å². The minimum absolute atomic E-state index is 0.0410. The maximum absolute atomic E-state index is 12.1. The van der Waals surface area contributed by atoms with Crippen LogP contribution in [0.4, 0.5) is 10.9 Å². The highest BCUT2D eigenvalue weighted by Gasteiger charge is 2.19. The van der Waals surface area contributed by atoms with E-state index in [1.54, 1.807) is 7.05 Å². The minimum Gasteiger partial charge on any atom is -0.382 e. The lowest BCUT2D eigenvalue weighted by atomic mass is 10.4. The van der Waals surface area contributed by atoms with Gasteiger partial charge in [0.05, 0.1) is 6.54 Å². The second kappa shape index (κ2) is 7.82. The van der Waals surface area contributed by atoms with Crippen LogP contribution in [0.15, 0.2) is 0 Å². The van der Waals surface area contributed by atoms with E-state index < -0.39 is 0 Å². The zero-order chi connectivity index (χ0) is 16.0. The first-order chi connectivity index (χ1) is 9.90. The lowest BCUT2D eigenvalue weighted by Gasteiger charge is -2.14.